The molecule has 0 aliphatic carbocycles. The Hall–Kier alpha value is -3.18. The van der Waals surface area contributed by atoms with Gasteiger partial charge in [0.25, 0.3) is 17.7 Å². The van der Waals surface area contributed by atoms with Crippen LogP contribution in [0.2, 0.25) is 0 Å². The Kier molecular flexibility index (Phi) is 9.90. The number of aliphatic hydroxyl groups is 1. The molecule has 11 heteroatoms. The molecule has 0 aliphatic rings. The molecule has 1 aromatic carbocycles. The van der Waals surface area contributed by atoms with Crippen LogP contribution in [0.5, 0.6) is 0 Å². The Morgan fingerprint density at radius 1 is 0.968 bits per heavy atom. The van der Waals surface area contributed by atoms with E-state index in [2.05, 4.69) is 16.0 Å². The van der Waals surface area contributed by atoms with Crippen molar-refractivity contribution in [1.82, 2.24) is 21.4 Å². The average molecular weight is 438 g/mol. The zero-order valence-electron chi connectivity index (χ0n) is 18.0. The lowest BCUT2D eigenvalue weighted by Crippen LogP contribution is -2.51. The molecule has 1 rings (SSSR count). The molecule has 0 fully saturated rings. The Morgan fingerprint density at radius 3 is 1.97 bits per heavy atom. The van der Waals surface area contributed by atoms with Crippen molar-refractivity contribution in [2.45, 2.75) is 51.9 Å². The van der Waals surface area contributed by atoms with Gasteiger partial charge >= 0.3 is 6.09 Å². The third-order valence-electron chi connectivity index (χ3n) is 3.88. The lowest BCUT2D eigenvalue weighted by Gasteiger charge is -2.19. The fraction of sp³-hybridized carbons (Fsp3) is 0.500. The summed E-state index contributed by atoms with van der Waals surface area (Å²) in [6.45, 7) is 7.23. The summed E-state index contributed by atoms with van der Waals surface area (Å²) in [5.74, 6) is -1.97. The monoisotopic (exact) mass is 438 g/mol. The zero-order valence-corrected chi connectivity index (χ0v) is 18.0. The fourth-order valence-corrected chi connectivity index (χ4v) is 2.37. The van der Waals surface area contributed by atoms with Crippen LogP contribution in [0.3, 0.4) is 0 Å². The number of hydrogen-bond donors (Lipinski definition) is 6. The molecule has 0 unspecified atom stereocenters. The van der Waals surface area contributed by atoms with E-state index in [1.54, 1.807) is 20.8 Å². The minimum absolute atomic E-state index is 0.162. The minimum Gasteiger partial charge on any atom is -0.444 e. The van der Waals surface area contributed by atoms with Crippen molar-refractivity contribution < 1.29 is 34.2 Å². The molecule has 0 heterocycles. The Bertz CT molecular complexity index is 773. The summed E-state index contributed by atoms with van der Waals surface area (Å²) >= 11 is 0. The standard InChI is InChI=1S/C20H30N4O7/c1-12(25)15(18(28)24-30)23-17(27)14-8-6-13(7-9-14)16(26)21-10-5-11-22-19(29)31-20(2,3)4/h6-9,12,15,25,30H,5,10-11H2,1-4H3,(H,21,26)(H,22,29)(H,23,27)(H,24,28)/t12-,15+/m1/s1. The van der Waals surface area contributed by atoms with E-state index in [0.29, 0.717) is 25.1 Å². The maximum Gasteiger partial charge on any atom is 0.407 e. The van der Waals surface area contributed by atoms with Gasteiger partial charge in [0.15, 0.2) is 0 Å². The number of carbonyl (C=O) groups excluding carboxylic acids is 4. The van der Waals surface area contributed by atoms with E-state index in [-0.39, 0.29) is 11.5 Å². The van der Waals surface area contributed by atoms with Crippen LogP contribution in [-0.2, 0) is 9.53 Å². The molecule has 2 atom stereocenters. The van der Waals surface area contributed by atoms with Crippen molar-refractivity contribution in [1.29, 1.82) is 0 Å². The highest BCUT2D eigenvalue weighted by molar-refractivity contribution is 5.99. The number of aliphatic hydroxyl groups excluding tert-OH is 1. The predicted molar refractivity (Wildman–Crippen MR) is 110 cm³/mol. The maximum absolute atomic E-state index is 12.2. The highest BCUT2D eigenvalue weighted by atomic mass is 16.6. The topological polar surface area (TPSA) is 166 Å². The number of carbonyl (C=O) groups is 4. The van der Waals surface area contributed by atoms with Gasteiger partial charge in [0.05, 0.1) is 6.10 Å². The molecular formula is C20H30N4O7. The van der Waals surface area contributed by atoms with Gasteiger partial charge < -0.3 is 25.8 Å². The number of amides is 4. The molecule has 0 saturated heterocycles. The summed E-state index contributed by atoms with van der Waals surface area (Å²) in [6, 6.07) is 4.32. The van der Waals surface area contributed by atoms with E-state index >= 15 is 0 Å². The SMILES string of the molecule is C[C@@H](O)[C@H](NC(=O)c1ccc(C(=O)NCCCNC(=O)OC(C)(C)C)cc1)C(=O)NO. The Balaban J connectivity index is 2.48. The number of nitrogens with one attached hydrogen (secondary N) is 4. The third kappa shape index (κ3) is 9.45. The number of hydrogen-bond acceptors (Lipinski definition) is 7. The first-order valence-corrected chi connectivity index (χ1v) is 9.72. The second-order valence-electron chi connectivity index (χ2n) is 7.78. The van der Waals surface area contributed by atoms with Crippen molar-refractivity contribution in [3.63, 3.8) is 0 Å². The summed E-state index contributed by atoms with van der Waals surface area (Å²) < 4.78 is 5.10. The van der Waals surface area contributed by atoms with Crippen LogP contribution >= 0.6 is 0 Å². The third-order valence-corrected chi connectivity index (χ3v) is 3.88. The van der Waals surface area contributed by atoms with Crippen LogP contribution in [0, 0.1) is 0 Å². The molecular weight excluding hydrogens is 408 g/mol. The molecule has 172 valence electrons. The highest BCUT2D eigenvalue weighted by Crippen LogP contribution is 2.07. The van der Waals surface area contributed by atoms with Crippen LogP contribution in [0.4, 0.5) is 4.79 Å². The van der Waals surface area contributed by atoms with Crippen molar-refractivity contribution in [2.24, 2.45) is 0 Å². The molecule has 0 saturated carbocycles. The smallest absolute Gasteiger partial charge is 0.407 e. The molecule has 0 aliphatic heterocycles. The van der Waals surface area contributed by atoms with E-state index < -0.39 is 35.7 Å². The van der Waals surface area contributed by atoms with Gasteiger partial charge in [0.2, 0.25) is 0 Å². The van der Waals surface area contributed by atoms with Gasteiger partial charge in [-0.2, -0.15) is 0 Å². The van der Waals surface area contributed by atoms with Gasteiger partial charge in [-0.25, -0.2) is 10.3 Å². The van der Waals surface area contributed by atoms with Gasteiger partial charge in [0, 0.05) is 24.2 Å². The van der Waals surface area contributed by atoms with Crippen LogP contribution in [0.15, 0.2) is 24.3 Å². The fourth-order valence-electron chi connectivity index (χ4n) is 2.37. The van der Waals surface area contributed by atoms with Gasteiger partial charge in [0.1, 0.15) is 11.6 Å². The summed E-state index contributed by atoms with van der Waals surface area (Å²) in [7, 11) is 0. The maximum atomic E-state index is 12.2. The molecule has 0 aromatic heterocycles. The highest BCUT2D eigenvalue weighted by Gasteiger charge is 2.25. The molecule has 31 heavy (non-hydrogen) atoms. The largest absolute Gasteiger partial charge is 0.444 e. The lowest BCUT2D eigenvalue weighted by atomic mass is 10.1. The number of benzene rings is 1. The second-order valence-corrected chi connectivity index (χ2v) is 7.78. The van der Waals surface area contributed by atoms with Crippen LogP contribution < -0.4 is 21.4 Å². The van der Waals surface area contributed by atoms with E-state index in [1.165, 1.54) is 36.7 Å². The van der Waals surface area contributed by atoms with Crippen LogP contribution in [-0.4, -0.2) is 65.0 Å². The normalized spacial score (nSPS) is 12.8. The first-order chi connectivity index (χ1) is 14.4. The average Bonchev–Trinajstić information content (AvgIpc) is 2.69. The van der Waals surface area contributed by atoms with Crippen molar-refractivity contribution in [2.75, 3.05) is 13.1 Å². The van der Waals surface area contributed by atoms with Crippen molar-refractivity contribution in [3.05, 3.63) is 35.4 Å². The van der Waals surface area contributed by atoms with Crippen LogP contribution in [0.1, 0.15) is 54.8 Å². The first kappa shape index (κ1) is 25.9. The Labute approximate surface area is 180 Å². The molecule has 4 amide bonds. The summed E-state index contributed by atoms with van der Waals surface area (Å²) in [5, 5.41) is 25.8. The van der Waals surface area contributed by atoms with Gasteiger partial charge in [-0.05, 0) is 58.4 Å². The summed E-state index contributed by atoms with van der Waals surface area (Å²) in [5.41, 5.74) is 1.27. The molecule has 6 N–H and O–H groups in total. The number of alkyl carbamates (subject to hydrolysis) is 1. The molecule has 0 radical (unpaired) electrons. The molecule has 0 spiro atoms. The van der Waals surface area contributed by atoms with E-state index in [1.807, 2.05) is 0 Å². The van der Waals surface area contributed by atoms with Crippen molar-refractivity contribution in [3.8, 4) is 0 Å². The van der Waals surface area contributed by atoms with Gasteiger partial charge in [-0.15, -0.1) is 0 Å². The first-order valence-electron chi connectivity index (χ1n) is 9.72. The zero-order chi connectivity index (χ0) is 23.6. The number of rotatable bonds is 9. The number of hydroxylamine groups is 1. The molecule has 1 aromatic rings. The lowest BCUT2D eigenvalue weighted by molar-refractivity contribution is -0.133. The van der Waals surface area contributed by atoms with Crippen molar-refractivity contribution >= 4 is 23.8 Å². The van der Waals surface area contributed by atoms with E-state index in [4.69, 9.17) is 9.94 Å². The molecule has 0 bridgehead atoms. The summed E-state index contributed by atoms with van der Waals surface area (Å²) in [4.78, 5) is 47.4. The minimum atomic E-state index is -1.34. The quantitative estimate of drug-likeness (QED) is 0.183. The van der Waals surface area contributed by atoms with Gasteiger partial charge in [-0.3, -0.25) is 19.6 Å². The van der Waals surface area contributed by atoms with Gasteiger partial charge in [-0.1, -0.05) is 0 Å². The number of ether oxygens (including phenoxy) is 1. The van der Waals surface area contributed by atoms with E-state index in [9.17, 15) is 24.3 Å². The predicted octanol–water partition coefficient (Wildman–Crippen LogP) is 0.316. The second kappa shape index (κ2) is 11.9. The van der Waals surface area contributed by atoms with Crippen LogP contribution in [0.25, 0.3) is 0 Å². The summed E-state index contributed by atoms with van der Waals surface area (Å²) in [6.07, 6.45) is -1.26. The molecule has 11 nitrogen and oxygen atoms in total. The van der Waals surface area contributed by atoms with E-state index in [0.717, 1.165) is 0 Å². The Morgan fingerprint density at radius 2 is 1.48 bits per heavy atom.